The number of benzene rings is 10. The summed E-state index contributed by atoms with van der Waals surface area (Å²) in [5, 5.41) is 4.93. The fraction of sp³-hybridized carbons (Fsp3) is 0. The average molecular weight is 874 g/mol. The number of aromatic nitrogens is 2. The van der Waals surface area contributed by atoms with Crippen molar-refractivity contribution in [1.82, 2.24) is 9.13 Å². The summed E-state index contributed by atoms with van der Waals surface area (Å²) in [5.41, 5.74) is 14.4. The number of hydrogen-bond donors (Lipinski definition) is 0. The second kappa shape index (κ2) is 15.7. The molecule has 0 aliphatic carbocycles. The van der Waals surface area contributed by atoms with Crippen molar-refractivity contribution in [2.24, 2.45) is 0 Å². The van der Waals surface area contributed by atoms with E-state index in [1.54, 1.807) is 0 Å². The Bertz CT molecular complexity index is 3920. The van der Waals surface area contributed by atoms with Crippen LogP contribution in [0.3, 0.4) is 0 Å². The van der Waals surface area contributed by atoms with Gasteiger partial charge in [-0.1, -0.05) is 115 Å². The van der Waals surface area contributed by atoms with Crippen LogP contribution in [0.5, 0.6) is 0 Å². The molecule has 3 aromatic heterocycles. The third-order valence-electron chi connectivity index (χ3n) is 13.3. The minimum absolute atomic E-state index is 0.0394. The zero-order valence-corrected chi connectivity index (χ0v) is 36.6. The van der Waals surface area contributed by atoms with E-state index < -0.39 is 0 Å². The summed E-state index contributed by atoms with van der Waals surface area (Å²) in [6.45, 7) is 0. The number of hydrogen-bond acceptors (Lipinski definition) is 4. The van der Waals surface area contributed by atoms with Gasteiger partial charge in [-0.3, -0.25) is 9.59 Å². The van der Waals surface area contributed by atoms with E-state index >= 15 is 0 Å². The molecular weight excluding hydrogens is 835 g/mol. The second-order valence-electron chi connectivity index (χ2n) is 17.2. The Hall–Kier alpha value is -9.26. The Labute approximate surface area is 390 Å². The maximum atomic E-state index is 13.5. The van der Waals surface area contributed by atoms with Gasteiger partial charge >= 0.3 is 0 Å². The number of nitrogens with zero attached hydrogens (tertiary/aromatic N) is 3. The van der Waals surface area contributed by atoms with Crippen molar-refractivity contribution in [3.8, 4) is 33.6 Å². The first-order valence-electron chi connectivity index (χ1n) is 22.7. The summed E-state index contributed by atoms with van der Waals surface area (Å²) in [5.74, 6) is 0. The van der Waals surface area contributed by atoms with Gasteiger partial charge in [0, 0.05) is 66.8 Å². The molecule has 0 radical (unpaired) electrons. The van der Waals surface area contributed by atoms with Gasteiger partial charge in [0.2, 0.25) is 0 Å². The zero-order valence-electron chi connectivity index (χ0n) is 36.6. The van der Waals surface area contributed by atoms with Crippen LogP contribution in [-0.4, -0.2) is 9.13 Å². The number of para-hydroxylation sites is 5. The minimum Gasteiger partial charge on any atom is -0.456 e. The summed E-state index contributed by atoms with van der Waals surface area (Å²) >= 11 is 0. The topological polar surface area (TPSA) is 60.4 Å². The highest BCUT2D eigenvalue weighted by molar-refractivity contribution is 6.06. The van der Waals surface area contributed by atoms with Crippen LogP contribution in [-0.2, 0) is 0 Å². The highest BCUT2D eigenvalue weighted by Crippen LogP contribution is 2.40. The Kier molecular flexibility index (Phi) is 9.05. The van der Waals surface area contributed by atoms with E-state index in [9.17, 15) is 9.59 Å². The van der Waals surface area contributed by atoms with Crippen molar-refractivity contribution in [2.45, 2.75) is 0 Å². The predicted octanol–water partition coefficient (Wildman–Crippen LogP) is 15.3. The molecular formula is C62H39N3O3. The molecule has 0 aliphatic heterocycles. The van der Waals surface area contributed by atoms with E-state index in [0.717, 1.165) is 94.7 Å². The molecule has 0 bridgehead atoms. The standard InChI is InChI=1S/C62H39N3O3/c66-61-51-18-1-6-22-55(51)64(56-23-7-2-19-52(56)61)46-15-11-13-42(37-46)40-27-31-44(32-28-40)63(48-35-36-50-49-17-5-10-26-59(49)68-60(50)39-48)45-33-29-41(30-34-45)43-14-12-16-47(38-43)65-57-24-8-3-20-53(57)62(67)54-21-4-9-25-58(54)65/h1-39H. The smallest absolute Gasteiger partial charge is 0.197 e. The lowest BCUT2D eigenvalue weighted by Crippen LogP contribution is -2.10. The van der Waals surface area contributed by atoms with Crippen LogP contribution in [0.2, 0.25) is 0 Å². The van der Waals surface area contributed by atoms with E-state index in [1.807, 2.05) is 115 Å². The summed E-state index contributed by atoms with van der Waals surface area (Å²) in [6.07, 6.45) is 0. The first-order valence-corrected chi connectivity index (χ1v) is 22.7. The average Bonchev–Trinajstić information content (AvgIpc) is 3.78. The molecule has 6 nitrogen and oxygen atoms in total. The summed E-state index contributed by atoms with van der Waals surface area (Å²) in [4.78, 5) is 29.4. The molecule has 0 aliphatic rings. The van der Waals surface area contributed by atoms with E-state index in [1.165, 1.54) is 0 Å². The summed E-state index contributed by atoms with van der Waals surface area (Å²) in [6, 6.07) is 80.3. The molecule has 0 unspecified atom stereocenters. The zero-order chi connectivity index (χ0) is 45.3. The number of pyridine rings is 2. The Morgan fingerprint density at radius 1 is 0.294 bits per heavy atom. The summed E-state index contributed by atoms with van der Waals surface area (Å²) < 4.78 is 10.8. The van der Waals surface area contributed by atoms with Crippen molar-refractivity contribution in [3.63, 3.8) is 0 Å². The van der Waals surface area contributed by atoms with E-state index in [4.69, 9.17) is 4.42 Å². The second-order valence-corrected chi connectivity index (χ2v) is 17.2. The van der Waals surface area contributed by atoms with Crippen molar-refractivity contribution in [2.75, 3.05) is 4.90 Å². The molecule has 0 spiro atoms. The van der Waals surface area contributed by atoms with Crippen molar-refractivity contribution >= 4 is 82.6 Å². The quantitative estimate of drug-likeness (QED) is 0.150. The molecule has 13 rings (SSSR count). The molecule has 320 valence electrons. The van der Waals surface area contributed by atoms with Crippen LogP contribution in [0.25, 0.3) is 99.2 Å². The fourth-order valence-corrected chi connectivity index (χ4v) is 10.1. The minimum atomic E-state index is 0.0394. The van der Waals surface area contributed by atoms with Gasteiger partial charge in [-0.05, 0) is 138 Å². The monoisotopic (exact) mass is 873 g/mol. The lowest BCUT2D eigenvalue weighted by Gasteiger charge is -2.26. The highest BCUT2D eigenvalue weighted by atomic mass is 16.3. The number of furan rings is 1. The molecule has 0 amide bonds. The first kappa shape index (κ1) is 39.1. The Balaban J connectivity index is 0.897. The van der Waals surface area contributed by atoms with Crippen molar-refractivity contribution in [3.05, 3.63) is 257 Å². The fourth-order valence-electron chi connectivity index (χ4n) is 10.1. The molecule has 13 aromatic rings. The number of rotatable bonds is 7. The first-order chi connectivity index (χ1) is 33.6. The SMILES string of the molecule is O=c1c2ccccc2n(-c2cccc(-c3ccc(N(c4ccc(-c5cccc(-n6c7ccccc7c(=O)c7ccccc76)c5)cc4)c4ccc5c(c4)oc4ccccc45)cc3)c2)c2ccccc12. The van der Waals surface area contributed by atoms with Crippen LogP contribution in [0, 0.1) is 0 Å². The molecule has 0 atom stereocenters. The van der Waals surface area contributed by atoms with Crippen LogP contribution in [0.15, 0.2) is 251 Å². The van der Waals surface area contributed by atoms with Gasteiger partial charge in [0.25, 0.3) is 0 Å². The Morgan fingerprint density at radius 3 is 1.13 bits per heavy atom. The predicted molar refractivity (Wildman–Crippen MR) is 280 cm³/mol. The third-order valence-corrected chi connectivity index (χ3v) is 13.3. The van der Waals surface area contributed by atoms with Crippen molar-refractivity contribution in [1.29, 1.82) is 0 Å². The molecule has 0 fully saturated rings. The van der Waals surface area contributed by atoms with Crippen LogP contribution >= 0.6 is 0 Å². The number of anilines is 3. The van der Waals surface area contributed by atoms with Gasteiger partial charge in [0.05, 0.1) is 22.1 Å². The molecule has 0 saturated carbocycles. The van der Waals surface area contributed by atoms with Gasteiger partial charge in [-0.2, -0.15) is 0 Å². The van der Waals surface area contributed by atoms with Gasteiger partial charge in [0.1, 0.15) is 11.2 Å². The molecule has 0 saturated heterocycles. The van der Waals surface area contributed by atoms with Crippen LogP contribution in [0.4, 0.5) is 17.1 Å². The lowest BCUT2D eigenvalue weighted by molar-refractivity contribution is 0.669. The highest BCUT2D eigenvalue weighted by Gasteiger charge is 2.18. The normalized spacial score (nSPS) is 11.6. The largest absolute Gasteiger partial charge is 0.456 e. The van der Waals surface area contributed by atoms with Gasteiger partial charge in [-0.25, -0.2) is 0 Å². The van der Waals surface area contributed by atoms with Crippen LogP contribution < -0.4 is 15.8 Å². The molecule has 6 heteroatoms. The molecule has 3 heterocycles. The summed E-state index contributed by atoms with van der Waals surface area (Å²) in [7, 11) is 0. The van der Waals surface area contributed by atoms with Crippen LogP contribution in [0.1, 0.15) is 0 Å². The lowest BCUT2D eigenvalue weighted by atomic mass is 10.0. The Morgan fingerprint density at radius 2 is 0.676 bits per heavy atom. The molecule has 68 heavy (non-hydrogen) atoms. The van der Waals surface area contributed by atoms with E-state index in [0.29, 0.717) is 21.5 Å². The van der Waals surface area contributed by atoms with E-state index in [2.05, 4.69) is 135 Å². The van der Waals surface area contributed by atoms with Gasteiger partial charge in [-0.15, -0.1) is 0 Å². The molecule has 0 N–H and O–H groups in total. The molecule has 10 aromatic carbocycles. The third kappa shape index (κ3) is 6.34. The van der Waals surface area contributed by atoms with Gasteiger partial charge < -0.3 is 18.5 Å². The van der Waals surface area contributed by atoms with E-state index in [-0.39, 0.29) is 10.9 Å². The maximum Gasteiger partial charge on any atom is 0.197 e. The maximum absolute atomic E-state index is 13.5. The van der Waals surface area contributed by atoms with Crippen molar-refractivity contribution < 1.29 is 4.42 Å². The number of fused-ring (bicyclic) bond motifs is 7. The van der Waals surface area contributed by atoms with Gasteiger partial charge in [0.15, 0.2) is 10.9 Å².